The molecule has 21 nitrogen and oxygen atoms in total. The molecule has 0 unspecified atom stereocenters. The van der Waals surface area contributed by atoms with E-state index >= 15 is 0 Å². The smallest absolute Gasteiger partial charge is 0.246 e. The number of nitrogens with zero attached hydrogens (tertiary/aromatic N) is 4. The van der Waals surface area contributed by atoms with Gasteiger partial charge in [-0.25, -0.2) is 0 Å². The molecule has 5 aliphatic heterocycles. The molecule has 0 spiro atoms. The normalized spacial score (nSPS) is 28.8. The first-order chi connectivity index (χ1) is 39.1. The van der Waals surface area contributed by atoms with Gasteiger partial charge in [0.15, 0.2) is 0 Å². The van der Waals surface area contributed by atoms with Gasteiger partial charge in [-0.3, -0.25) is 47.9 Å². The molecule has 2 aromatic carbocycles. The van der Waals surface area contributed by atoms with E-state index in [1.165, 1.54) is 31.7 Å². The lowest BCUT2D eigenvalue weighted by atomic mass is 9.96. The van der Waals surface area contributed by atoms with Crippen molar-refractivity contribution >= 4 is 59.1 Å². The van der Waals surface area contributed by atoms with Crippen molar-refractivity contribution in [2.24, 2.45) is 23.7 Å². The molecule has 12 atom stereocenters. The molecule has 5 fully saturated rings. The maximum absolute atomic E-state index is 15.0. The monoisotopic (exact) mass is 1140 g/mol. The molecule has 21 heteroatoms. The molecule has 448 valence electrons. The Morgan fingerprint density at radius 1 is 0.427 bits per heavy atom. The van der Waals surface area contributed by atoms with Gasteiger partial charge in [-0.1, -0.05) is 111 Å². The summed E-state index contributed by atoms with van der Waals surface area (Å²) >= 11 is 0. The molecule has 10 amide bonds. The Labute approximate surface area is 482 Å². The fraction of sp³-hybridized carbons (Fsp3) is 0.639. The van der Waals surface area contributed by atoms with Crippen molar-refractivity contribution in [3.05, 3.63) is 65.7 Å². The summed E-state index contributed by atoms with van der Waals surface area (Å²) in [7, 11) is 0. The van der Waals surface area contributed by atoms with Crippen molar-refractivity contribution in [2.45, 2.75) is 199 Å². The van der Waals surface area contributed by atoms with Crippen LogP contribution in [-0.2, 0) is 60.8 Å². The number of nitrogens with one attached hydrogen (secondary N) is 6. The molecule has 0 bridgehead atoms. The SMILES string of the molecule is CC[C@H](C)[C@@H]1NC(=O)[C@@H]2CCCN2C(=O)[C@@H]2CCCN2C(=O)[C@H]([C@@H](C)CC)NC(=O)[C@H](Cc2ccc(O)cc2)NC(=O)[C@@H]2CCCN2C(=O)[C@@H]2CCCN2C(=O)[C@H](CC(C)C)NC(=O)[C@H](C(C)C)NC(=O)[C@H](Cc2ccccc2)NC1=O. The van der Waals surface area contributed by atoms with Crippen LogP contribution in [0.4, 0.5) is 0 Å². The van der Waals surface area contributed by atoms with Gasteiger partial charge in [-0.15, -0.1) is 0 Å². The van der Waals surface area contributed by atoms with Crippen LogP contribution in [0.5, 0.6) is 5.75 Å². The van der Waals surface area contributed by atoms with Crippen molar-refractivity contribution in [1.82, 2.24) is 51.5 Å². The first-order valence-corrected chi connectivity index (χ1v) is 30.0. The van der Waals surface area contributed by atoms with E-state index in [4.69, 9.17) is 0 Å². The summed E-state index contributed by atoms with van der Waals surface area (Å²) in [5.74, 6) is -7.15. The largest absolute Gasteiger partial charge is 0.508 e. The summed E-state index contributed by atoms with van der Waals surface area (Å²) in [4.78, 5) is 153. The Bertz CT molecular complexity index is 2630. The molecule has 82 heavy (non-hydrogen) atoms. The van der Waals surface area contributed by atoms with Gasteiger partial charge < -0.3 is 56.6 Å². The first-order valence-electron chi connectivity index (χ1n) is 30.0. The van der Waals surface area contributed by atoms with E-state index < -0.39 is 137 Å². The Balaban J connectivity index is 1.26. The van der Waals surface area contributed by atoms with Crippen LogP contribution in [0.15, 0.2) is 54.6 Å². The number of rotatable bonds is 11. The molecular weight excluding hydrogens is 1050 g/mol. The Morgan fingerprint density at radius 2 is 0.817 bits per heavy atom. The van der Waals surface area contributed by atoms with Gasteiger partial charge in [0.1, 0.15) is 66.2 Å². The van der Waals surface area contributed by atoms with Gasteiger partial charge in [0.05, 0.1) is 0 Å². The van der Waals surface area contributed by atoms with Crippen molar-refractivity contribution in [3.63, 3.8) is 0 Å². The van der Waals surface area contributed by atoms with E-state index in [1.54, 1.807) is 57.2 Å². The van der Waals surface area contributed by atoms with Crippen molar-refractivity contribution < 1.29 is 53.1 Å². The minimum atomic E-state index is -1.27. The highest BCUT2D eigenvalue weighted by Crippen LogP contribution is 2.30. The molecule has 0 aliphatic carbocycles. The fourth-order valence-electron chi connectivity index (χ4n) is 12.2. The number of amides is 10. The standard InChI is InChI=1S/C61H88N10O11/c1-9-37(7)50-57(78)63-43(33-39-18-12-11-13-19-39)52(73)65-49(36(5)6)56(77)64-44(32-35(3)4)58(79)70-30-16-22-47(70)59(80)68-28-14-20-45(68)54(75)62-42(34-40-24-26-41(72)27-25-40)53(74)67-51(38(8)10-2)61(82)71-31-17-23-48(71)60(81)69-29-15-21-46(69)55(76)66-50/h11-13,18-19,24-27,35-38,42-51,72H,9-10,14-17,20-23,28-34H2,1-8H3,(H,62,75)(H,63,78)(H,64,77)(H,65,73)(H,66,76)(H,67,74)/t37-,38-,42-,43-,44-,45-,46-,47-,48-,49-,50-,51-/m0/s1. The first kappa shape index (κ1) is 62.5. The van der Waals surface area contributed by atoms with Gasteiger partial charge >= 0.3 is 0 Å². The van der Waals surface area contributed by atoms with Crippen LogP contribution < -0.4 is 31.9 Å². The van der Waals surface area contributed by atoms with Crippen LogP contribution in [0.3, 0.4) is 0 Å². The van der Waals surface area contributed by atoms with E-state index in [9.17, 15) is 53.1 Å². The predicted molar refractivity (Wildman–Crippen MR) is 306 cm³/mol. The molecular formula is C61H88N10O11. The maximum atomic E-state index is 15.0. The zero-order chi connectivity index (χ0) is 59.5. The molecule has 7 rings (SSSR count). The fourth-order valence-corrected chi connectivity index (χ4v) is 12.2. The highest BCUT2D eigenvalue weighted by Gasteiger charge is 2.48. The second kappa shape index (κ2) is 28.3. The molecule has 0 saturated carbocycles. The number of fused-ring (bicyclic) bond motifs is 4. The van der Waals surface area contributed by atoms with Gasteiger partial charge in [0.2, 0.25) is 59.1 Å². The van der Waals surface area contributed by atoms with Crippen LogP contribution in [0, 0.1) is 23.7 Å². The second-order valence-electron chi connectivity index (χ2n) is 24.1. The summed E-state index contributed by atoms with van der Waals surface area (Å²) < 4.78 is 0. The average molecular weight is 1140 g/mol. The summed E-state index contributed by atoms with van der Waals surface area (Å²) in [6.07, 6.45) is 4.15. The van der Waals surface area contributed by atoms with E-state index in [2.05, 4.69) is 31.9 Å². The number of hydrogen-bond donors (Lipinski definition) is 7. The number of phenolic OH excluding ortho intramolecular Hbond substituents is 1. The minimum Gasteiger partial charge on any atom is -0.508 e. The lowest BCUT2D eigenvalue weighted by molar-refractivity contribution is -0.149. The lowest BCUT2D eigenvalue weighted by Gasteiger charge is -2.35. The van der Waals surface area contributed by atoms with Gasteiger partial charge in [-0.2, -0.15) is 0 Å². The molecule has 0 aromatic heterocycles. The van der Waals surface area contributed by atoms with Crippen molar-refractivity contribution in [1.29, 1.82) is 0 Å². The number of phenols is 1. The molecule has 2 aromatic rings. The van der Waals surface area contributed by atoms with Crippen LogP contribution in [0.25, 0.3) is 0 Å². The lowest BCUT2D eigenvalue weighted by Crippen LogP contribution is -2.62. The minimum absolute atomic E-state index is 0.00641. The Morgan fingerprint density at radius 3 is 1.30 bits per heavy atom. The summed E-state index contributed by atoms with van der Waals surface area (Å²) in [6, 6.07) is 4.18. The molecule has 7 N–H and O–H groups in total. The van der Waals surface area contributed by atoms with E-state index in [-0.39, 0.29) is 63.5 Å². The number of carbonyl (C=O) groups is 10. The van der Waals surface area contributed by atoms with E-state index in [0.29, 0.717) is 68.9 Å². The number of hydrogen-bond acceptors (Lipinski definition) is 11. The van der Waals surface area contributed by atoms with Crippen LogP contribution in [-0.4, -0.2) is 170 Å². The Hall–Kier alpha value is -7.06. The molecule has 0 radical (unpaired) electrons. The zero-order valence-corrected chi connectivity index (χ0v) is 49.1. The second-order valence-corrected chi connectivity index (χ2v) is 24.1. The highest BCUT2D eigenvalue weighted by atomic mass is 16.3. The summed E-state index contributed by atoms with van der Waals surface area (Å²) in [5, 5.41) is 27.6. The van der Waals surface area contributed by atoms with Crippen LogP contribution >= 0.6 is 0 Å². The van der Waals surface area contributed by atoms with Gasteiger partial charge in [0.25, 0.3) is 0 Å². The molecule has 5 heterocycles. The quantitative estimate of drug-likeness (QED) is 0.172. The number of aromatic hydroxyl groups is 1. The average Bonchev–Trinajstić information content (AvgIpc) is 4.38. The van der Waals surface area contributed by atoms with Crippen LogP contribution in [0.1, 0.15) is 137 Å². The number of benzene rings is 2. The van der Waals surface area contributed by atoms with Crippen molar-refractivity contribution in [2.75, 3.05) is 26.2 Å². The third-order valence-electron chi connectivity index (χ3n) is 17.4. The van der Waals surface area contributed by atoms with E-state index in [0.717, 1.165) is 0 Å². The topological polar surface area (TPSA) is 276 Å². The Kier molecular flexibility index (Phi) is 21.6. The predicted octanol–water partition coefficient (Wildman–Crippen LogP) is 2.86. The van der Waals surface area contributed by atoms with Gasteiger partial charge in [0, 0.05) is 39.0 Å². The molecule has 5 saturated heterocycles. The highest BCUT2D eigenvalue weighted by molar-refractivity contribution is 6.00. The third-order valence-corrected chi connectivity index (χ3v) is 17.4. The third kappa shape index (κ3) is 14.9. The molecule has 5 aliphatic rings. The van der Waals surface area contributed by atoms with E-state index in [1.807, 2.05) is 40.7 Å². The van der Waals surface area contributed by atoms with Gasteiger partial charge in [-0.05, 0) is 105 Å². The zero-order valence-electron chi connectivity index (χ0n) is 49.1. The summed E-state index contributed by atoms with van der Waals surface area (Å²) in [5.41, 5.74) is 1.30. The summed E-state index contributed by atoms with van der Waals surface area (Å²) in [6.45, 7) is 15.5. The number of carbonyl (C=O) groups excluding carboxylic acids is 10. The van der Waals surface area contributed by atoms with Crippen LogP contribution in [0.2, 0.25) is 0 Å². The maximum Gasteiger partial charge on any atom is 0.246 e. The van der Waals surface area contributed by atoms with Crippen molar-refractivity contribution in [3.8, 4) is 5.75 Å².